The van der Waals surface area contributed by atoms with Crippen molar-refractivity contribution in [3.8, 4) is 0 Å². The maximum absolute atomic E-state index is 11.0. The Hall–Kier alpha value is -1.02. The first kappa shape index (κ1) is 34.5. The first-order valence-corrected chi connectivity index (χ1v) is 22.1. The Morgan fingerprint density at radius 1 is 0.976 bits per heavy atom. The van der Waals surface area contributed by atoms with Gasteiger partial charge in [0.25, 0.3) is 0 Å². The largest absolute Gasteiger partial charge is 0.413 e. The highest BCUT2D eigenvalue weighted by molar-refractivity contribution is 6.74. The van der Waals surface area contributed by atoms with Crippen LogP contribution in [0, 0.1) is 23.2 Å². The molecule has 0 bridgehead atoms. The van der Waals surface area contributed by atoms with E-state index in [2.05, 4.69) is 106 Å². The minimum absolute atomic E-state index is 0.0157. The smallest absolute Gasteiger partial charge is 0.192 e. The van der Waals surface area contributed by atoms with Crippen LogP contribution in [0.1, 0.15) is 100 Å². The molecule has 0 N–H and O–H groups in total. The number of fused-ring (bicyclic) bond motifs is 1. The van der Waals surface area contributed by atoms with Crippen LogP contribution in [0.25, 0.3) is 0 Å². The molecule has 3 saturated carbocycles. The zero-order valence-electron chi connectivity index (χ0n) is 28.7. The molecule has 6 atom stereocenters. The van der Waals surface area contributed by atoms with Crippen molar-refractivity contribution in [2.45, 2.75) is 149 Å². The summed E-state index contributed by atoms with van der Waals surface area (Å²) < 4.78 is 14.1. The van der Waals surface area contributed by atoms with Gasteiger partial charge in [0.15, 0.2) is 16.6 Å². The molecule has 0 radical (unpaired) electrons. The fourth-order valence-electron chi connectivity index (χ4n) is 7.26. The average molecular weight is 599 g/mol. The molecular weight excluding hydrogens is 537 g/mol. The summed E-state index contributed by atoms with van der Waals surface area (Å²) in [5.74, 6) is 1.70. The Bertz CT molecular complexity index is 1050. The van der Waals surface area contributed by atoms with Gasteiger partial charge in [-0.15, -0.1) is 0 Å². The second-order valence-electron chi connectivity index (χ2n) is 16.7. The number of carbonyl (C=O) groups is 1. The van der Waals surface area contributed by atoms with E-state index in [1.165, 1.54) is 37.7 Å². The lowest BCUT2D eigenvalue weighted by Gasteiger charge is -2.45. The number of hydrogen-bond donors (Lipinski definition) is 0. The quantitative estimate of drug-likeness (QED) is 0.158. The van der Waals surface area contributed by atoms with Gasteiger partial charge in [-0.1, -0.05) is 85.8 Å². The van der Waals surface area contributed by atoms with Crippen LogP contribution in [0.15, 0.2) is 47.6 Å². The molecule has 0 heterocycles. The number of hydrogen-bond acceptors (Lipinski definition) is 3. The Morgan fingerprint density at radius 2 is 1.59 bits per heavy atom. The second-order valence-corrected chi connectivity index (χ2v) is 26.3. The Balaban J connectivity index is 1.92. The van der Waals surface area contributed by atoms with Crippen molar-refractivity contribution in [2.24, 2.45) is 23.2 Å². The van der Waals surface area contributed by atoms with Crippen LogP contribution < -0.4 is 0 Å². The average Bonchev–Trinajstić information content (AvgIpc) is 3.19. The van der Waals surface area contributed by atoms with Crippen LogP contribution in [0.3, 0.4) is 0 Å². The fraction of sp³-hybridized carbons (Fsp3) is 0.750. The van der Waals surface area contributed by atoms with Crippen molar-refractivity contribution in [3.05, 3.63) is 47.6 Å². The first-order chi connectivity index (χ1) is 18.7. The number of allylic oxidation sites excluding steroid dienone is 5. The van der Waals surface area contributed by atoms with Gasteiger partial charge in [0.05, 0.1) is 12.2 Å². The molecule has 0 aromatic carbocycles. The van der Waals surface area contributed by atoms with E-state index < -0.39 is 16.6 Å². The van der Waals surface area contributed by atoms with Gasteiger partial charge in [0.1, 0.15) is 6.29 Å². The van der Waals surface area contributed by atoms with Crippen LogP contribution in [0.2, 0.25) is 36.3 Å². The summed E-state index contributed by atoms with van der Waals surface area (Å²) in [5.41, 5.74) is 4.40. The van der Waals surface area contributed by atoms with Gasteiger partial charge in [0.2, 0.25) is 0 Å². The highest BCUT2D eigenvalue weighted by Crippen LogP contribution is 2.59. The van der Waals surface area contributed by atoms with E-state index >= 15 is 0 Å². The summed E-state index contributed by atoms with van der Waals surface area (Å²) in [5, 5.41) is 0.322. The molecule has 3 aliphatic carbocycles. The number of carbonyl (C=O) groups excluding carboxylic acids is 1. The minimum Gasteiger partial charge on any atom is -0.413 e. The maximum atomic E-state index is 11.0. The van der Waals surface area contributed by atoms with Crippen LogP contribution in [-0.4, -0.2) is 35.1 Å². The van der Waals surface area contributed by atoms with Gasteiger partial charge in [0, 0.05) is 6.42 Å². The highest BCUT2D eigenvalue weighted by Gasteiger charge is 2.50. The number of rotatable bonds is 8. The van der Waals surface area contributed by atoms with Gasteiger partial charge < -0.3 is 8.85 Å². The second kappa shape index (κ2) is 12.5. The van der Waals surface area contributed by atoms with Crippen LogP contribution >= 0.6 is 0 Å². The Morgan fingerprint density at radius 3 is 2.17 bits per heavy atom. The maximum Gasteiger partial charge on any atom is 0.192 e. The summed E-state index contributed by atoms with van der Waals surface area (Å²) in [6, 6.07) is 0. The predicted molar refractivity (Wildman–Crippen MR) is 181 cm³/mol. The Kier molecular flexibility index (Phi) is 10.5. The van der Waals surface area contributed by atoms with E-state index in [1.54, 1.807) is 11.6 Å². The van der Waals surface area contributed by atoms with E-state index in [0.717, 1.165) is 24.7 Å². The third kappa shape index (κ3) is 7.56. The van der Waals surface area contributed by atoms with Gasteiger partial charge in [-0.25, -0.2) is 0 Å². The molecule has 3 nitrogen and oxygen atoms in total. The molecule has 0 aliphatic heterocycles. The van der Waals surface area contributed by atoms with Crippen molar-refractivity contribution in [1.82, 2.24) is 0 Å². The van der Waals surface area contributed by atoms with Crippen molar-refractivity contribution < 1.29 is 13.6 Å². The standard InChI is InChI=1S/C36H62O3Si2/c1-26(16-15-23-37)31-20-21-32-28(17-14-22-36(31,32)9)18-19-29-24-30(38-40(10,11)34(3,4)5)25-33(27(29)2)39-41(12,13)35(6,7)8/h15-16,18-19,23,26,30-33H,2,14,17,20-22,24-25H2,1,3-13H3/b16-15+,28-18-,29-19+/t26-,30-,31-,32+,33+,36-/m1/s1. The molecule has 0 saturated heterocycles. The lowest BCUT2D eigenvalue weighted by molar-refractivity contribution is -0.104. The zero-order chi connectivity index (χ0) is 31.0. The lowest BCUT2D eigenvalue weighted by atomic mass is 9.61. The number of aldehydes is 1. The first-order valence-electron chi connectivity index (χ1n) is 16.3. The molecule has 232 valence electrons. The molecule has 3 aliphatic rings. The van der Waals surface area contributed by atoms with Gasteiger partial charge in [-0.2, -0.15) is 0 Å². The molecule has 0 aromatic heterocycles. The molecule has 3 fully saturated rings. The van der Waals surface area contributed by atoms with Crippen LogP contribution in [-0.2, 0) is 13.6 Å². The molecule has 41 heavy (non-hydrogen) atoms. The van der Waals surface area contributed by atoms with E-state index in [-0.39, 0.29) is 22.3 Å². The molecule has 0 aromatic rings. The monoisotopic (exact) mass is 598 g/mol. The van der Waals surface area contributed by atoms with Crippen molar-refractivity contribution in [3.63, 3.8) is 0 Å². The minimum atomic E-state index is -1.97. The SMILES string of the molecule is C=C1/C(=C/C=C2/CCC[C@]3(C)[C@@H]([C@H](C)/C=C/C=O)CC[C@@H]23)C[C@@H](O[Si](C)(C)C(C)(C)C)C[C@@H]1O[Si](C)(C)C(C)(C)C. The molecule has 0 unspecified atom stereocenters. The molecular formula is C36H62O3Si2. The van der Waals surface area contributed by atoms with Crippen LogP contribution in [0.4, 0.5) is 0 Å². The van der Waals surface area contributed by atoms with Crippen molar-refractivity contribution >= 4 is 22.9 Å². The summed E-state index contributed by atoms with van der Waals surface area (Å²) >= 11 is 0. The third-order valence-electron chi connectivity index (χ3n) is 11.9. The summed E-state index contributed by atoms with van der Waals surface area (Å²) in [6.07, 6.45) is 17.8. The summed E-state index contributed by atoms with van der Waals surface area (Å²) in [7, 11) is -3.90. The van der Waals surface area contributed by atoms with Crippen molar-refractivity contribution in [2.75, 3.05) is 0 Å². The normalized spacial score (nSPS) is 33.0. The van der Waals surface area contributed by atoms with E-state index in [4.69, 9.17) is 8.85 Å². The molecule has 5 heteroatoms. The molecule has 0 amide bonds. The Labute approximate surface area is 255 Å². The van der Waals surface area contributed by atoms with E-state index in [1.807, 2.05) is 0 Å². The third-order valence-corrected chi connectivity index (χ3v) is 20.9. The van der Waals surface area contributed by atoms with Gasteiger partial charge >= 0.3 is 0 Å². The van der Waals surface area contributed by atoms with Gasteiger partial charge in [-0.3, -0.25) is 4.79 Å². The fourth-order valence-corrected chi connectivity index (χ4v) is 9.93. The van der Waals surface area contributed by atoms with E-state index in [9.17, 15) is 4.79 Å². The predicted octanol–water partition coefficient (Wildman–Crippen LogP) is 10.6. The van der Waals surface area contributed by atoms with E-state index in [0.29, 0.717) is 23.2 Å². The van der Waals surface area contributed by atoms with Crippen molar-refractivity contribution in [1.29, 1.82) is 0 Å². The van der Waals surface area contributed by atoms with Crippen LogP contribution in [0.5, 0.6) is 0 Å². The molecule has 3 rings (SSSR count). The molecule has 0 spiro atoms. The zero-order valence-corrected chi connectivity index (χ0v) is 30.7. The lowest BCUT2D eigenvalue weighted by Crippen LogP contribution is -2.49. The van der Waals surface area contributed by atoms with Gasteiger partial charge in [-0.05, 0) is 115 Å². The topological polar surface area (TPSA) is 35.5 Å². The summed E-state index contributed by atoms with van der Waals surface area (Å²) in [6.45, 7) is 32.9. The summed E-state index contributed by atoms with van der Waals surface area (Å²) in [4.78, 5) is 11.0. The highest BCUT2D eigenvalue weighted by atomic mass is 28.4.